The lowest BCUT2D eigenvalue weighted by Gasteiger charge is -2.08. The molecule has 0 aliphatic carbocycles. The summed E-state index contributed by atoms with van der Waals surface area (Å²) in [5.41, 5.74) is 1.47. The quantitative estimate of drug-likeness (QED) is 0.719. The van der Waals surface area contributed by atoms with E-state index < -0.39 is 0 Å². The number of ether oxygens (including phenoxy) is 1. The number of halogens is 1. The van der Waals surface area contributed by atoms with Gasteiger partial charge in [-0.25, -0.2) is 0 Å². The van der Waals surface area contributed by atoms with E-state index in [0.717, 1.165) is 5.56 Å². The molecule has 0 aliphatic rings. The first-order chi connectivity index (χ1) is 6.60. The highest BCUT2D eigenvalue weighted by atomic mass is 35.5. The summed E-state index contributed by atoms with van der Waals surface area (Å²) in [5, 5.41) is 0.600. The van der Waals surface area contributed by atoms with Gasteiger partial charge in [0.25, 0.3) is 0 Å². The monoisotopic (exact) mass is 212 g/mol. The second-order valence-electron chi connectivity index (χ2n) is 3.08. The molecule has 1 rings (SSSR count). The Hall–Kier alpha value is -1.02. The predicted molar refractivity (Wildman–Crippen MR) is 57.4 cm³/mol. The normalized spacial score (nSPS) is 10.0. The molecule has 0 aliphatic heterocycles. The fourth-order valence-electron chi connectivity index (χ4n) is 1.23. The van der Waals surface area contributed by atoms with Crippen LogP contribution in [-0.4, -0.2) is 12.9 Å². The van der Waals surface area contributed by atoms with Gasteiger partial charge in [-0.1, -0.05) is 18.5 Å². The summed E-state index contributed by atoms with van der Waals surface area (Å²) in [6.45, 7) is 3.70. The smallest absolute Gasteiger partial charge is 0.166 e. The molecule has 0 radical (unpaired) electrons. The van der Waals surface area contributed by atoms with Crippen molar-refractivity contribution in [3.8, 4) is 5.75 Å². The van der Waals surface area contributed by atoms with E-state index in [0.29, 0.717) is 22.8 Å². The van der Waals surface area contributed by atoms with Crippen LogP contribution >= 0.6 is 11.6 Å². The molecule has 0 bridgehead atoms. The summed E-state index contributed by atoms with van der Waals surface area (Å²) in [6, 6.07) is 3.45. The molecule has 1 aromatic rings. The molecule has 0 spiro atoms. The van der Waals surface area contributed by atoms with Crippen molar-refractivity contribution in [1.29, 1.82) is 0 Å². The average molecular weight is 213 g/mol. The Bertz CT molecular complexity index is 359. The van der Waals surface area contributed by atoms with E-state index in [9.17, 15) is 4.79 Å². The van der Waals surface area contributed by atoms with Gasteiger partial charge in [0.2, 0.25) is 0 Å². The van der Waals surface area contributed by atoms with E-state index in [1.54, 1.807) is 19.2 Å². The van der Waals surface area contributed by atoms with Gasteiger partial charge in [0, 0.05) is 11.4 Å². The van der Waals surface area contributed by atoms with E-state index in [1.165, 1.54) is 0 Å². The van der Waals surface area contributed by atoms with Crippen LogP contribution in [0, 0.1) is 6.92 Å². The van der Waals surface area contributed by atoms with Gasteiger partial charge in [-0.15, -0.1) is 0 Å². The van der Waals surface area contributed by atoms with Gasteiger partial charge in [-0.3, -0.25) is 4.79 Å². The van der Waals surface area contributed by atoms with Crippen molar-refractivity contribution in [2.45, 2.75) is 20.3 Å². The maximum absolute atomic E-state index is 11.5. The Balaban J connectivity index is 3.27. The molecule has 0 saturated heterocycles. The number of carbonyl (C=O) groups is 1. The van der Waals surface area contributed by atoms with Crippen molar-refractivity contribution < 1.29 is 9.53 Å². The first-order valence-corrected chi connectivity index (χ1v) is 4.85. The van der Waals surface area contributed by atoms with Gasteiger partial charge in [-0.05, 0) is 24.6 Å². The number of benzene rings is 1. The van der Waals surface area contributed by atoms with Crippen molar-refractivity contribution in [2.24, 2.45) is 0 Å². The third-order valence-corrected chi connectivity index (χ3v) is 2.51. The zero-order chi connectivity index (χ0) is 10.7. The lowest BCUT2D eigenvalue weighted by Crippen LogP contribution is -2.01. The minimum absolute atomic E-state index is 0.0451. The van der Waals surface area contributed by atoms with Gasteiger partial charge in [0.15, 0.2) is 5.78 Å². The van der Waals surface area contributed by atoms with E-state index in [2.05, 4.69) is 0 Å². The average Bonchev–Trinajstić information content (AvgIpc) is 2.20. The van der Waals surface area contributed by atoms with Crippen molar-refractivity contribution in [3.05, 3.63) is 28.3 Å². The van der Waals surface area contributed by atoms with Crippen LogP contribution in [0.1, 0.15) is 29.3 Å². The Labute approximate surface area is 88.8 Å². The number of carbonyl (C=O) groups excluding carboxylic acids is 1. The highest BCUT2D eigenvalue weighted by Crippen LogP contribution is 2.27. The van der Waals surface area contributed by atoms with E-state index in [4.69, 9.17) is 16.3 Å². The molecule has 3 heteroatoms. The van der Waals surface area contributed by atoms with Crippen LogP contribution in [0.3, 0.4) is 0 Å². The van der Waals surface area contributed by atoms with E-state index in [1.807, 2.05) is 13.8 Å². The number of hydrogen-bond acceptors (Lipinski definition) is 2. The molecule has 0 saturated carbocycles. The number of methoxy groups -OCH3 is 1. The first-order valence-electron chi connectivity index (χ1n) is 4.47. The molecule has 0 amide bonds. The number of ketones is 1. The summed E-state index contributed by atoms with van der Waals surface area (Å²) in [4.78, 5) is 11.5. The number of Topliss-reactive ketones (excluding diaryl/α,β-unsaturated/α-hetero) is 1. The molecular formula is C11H13ClO2. The Kier molecular flexibility index (Phi) is 3.53. The van der Waals surface area contributed by atoms with Crippen LogP contribution in [0.2, 0.25) is 5.02 Å². The Morgan fingerprint density at radius 3 is 2.64 bits per heavy atom. The van der Waals surface area contributed by atoms with Gasteiger partial charge < -0.3 is 4.74 Å². The zero-order valence-corrected chi connectivity index (χ0v) is 9.31. The van der Waals surface area contributed by atoms with Crippen LogP contribution in [0.4, 0.5) is 0 Å². The minimum Gasteiger partial charge on any atom is -0.496 e. The number of hydrogen-bond donors (Lipinski definition) is 0. The van der Waals surface area contributed by atoms with Crippen LogP contribution in [0.5, 0.6) is 5.75 Å². The SMILES string of the molecule is CCC(=O)c1cc(Cl)c(C)cc1OC. The maximum atomic E-state index is 11.5. The van der Waals surface area contributed by atoms with Crippen LogP contribution < -0.4 is 4.74 Å². The van der Waals surface area contributed by atoms with Gasteiger partial charge in [0.1, 0.15) is 5.75 Å². The second kappa shape index (κ2) is 4.47. The summed E-state index contributed by atoms with van der Waals surface area (Å²) >= 11 is 5.94. The Morgan fingerprint density at radius 2 is 2.14 bits per heavy atom. The predicted octanol–water partition coefficient (Wildman–Crippen LogP) is 3.25. The molecule has 76 valence electrons. The Morgan fingerprint density at radius 1 is 1.50 bits per heavy atom. The molecule has 0 atom stereocenters. The second-order valence-corrected chi connectivity index (χ2v) is 3.49. The van der Waals surface area contributed by atoms with Crippen molar-refractivity contribution in [1.82, 2.24) is 0 Å². The van der Waals surface area contributed by atoms with E-state index in [-0.39, 0.29) is 5.78 Å². The third-order valence-electron chi connectivity index (χ3n) is 2.10. The summed E-state index contributed by atoms with van der Waals surface area (Å²) in [5.74, 6) is 0.641. The molecule has 0 N–H and O–H groups in total. The molecule has 1 aromatic carbocycles. The highest BCUT2D eigenvalue weighted by Gasteiger charge is 2.12. The lowest BCUT2D eigenvalue weighted by molar-refractivity contribution is 0.0985. The van der Waals surface area contributed by atoms with E-state index >= 15 is 0 Å². The fraction of sp³-hybridized carbons (Fsp3) is 0.364. The topological polar surface area (TPSA) is 26.3 Å². The molecule has 2 nitrogen and oxygen atoms in total. The standard InChI is InChI=1S/C11H13ClO2/c1-4-10(13)8-6-9(12)7(2)5-11(8)14-3/h5-6H,4H2,1-3H3. The van der Waals surface area contributed by atoms with Crippen molar-refractivity contribution in [2.75, 3.05) is 7.11 Å². The summed E-state index contributed by atoms with van der Waals surface area (Å²) < 4.78 is 5.12. The molecule has 0 heterocycles. The highest BCUT2D eigenvalue weighted by molar-refractivity contribution is 6.31. The largest absolute Gasteiger partial charge is 0.496 e. The minimum atomic E-state index is 0.0451. The van der Waals surface area contributed by atoms with Crippen molar-refractivity contribution >= 4 is 17.4 Å². The van der Waals surface area contributed by atoms with Gasteiger partial charge in [-0.2, -0.15) is 0 Å². The van der Waals surface area contributed by atoms with Crippen LogP contribution in [0.25, 0.3) is 0 Å². The number of rotatable bonds is 3. The number of aryl methyl sites for hydroxylation is 1. The fourth-order valence-corrected chi connectivity index (χ4v) is 1.40. The van der Waals surface area contributed by atoms with Gasteiger partial charge in [0.05, 0.1) is 12.7 Å². The van der Waals surface area contributed by atoms with Crippen LogP contribution in [0.15, 0.2) is 12.1 Å². The summed E-state index contributed by atoms with van der Waals surface area (Å²) in [6.07, 6.45) is 0.454. The zero-order valence-electron chi connectivity index (χ0n) is 8.56. The summed E-state index contributed by atoms with van der Waals surface area (Å²) in [7, 11) is 1.55. The lowest BCUT2D eigenvalue weighted by atomic mass is 10.1. The molecule has 0 aromatic heterocycles. The third kappa shape index (κ3) is 2.07. The maximum Gasteiger partial charge on any atom is 0.166 e. The molecule has 0 fully saturated rings. The van der Waals surface area contributed by atoms with Crippen LogP contribution in [-0.2, 0) is 0 Å². The van der Waals surface area contributed by atoms with Crippen molar-refractivity contribution in [3.63, 3.8) is 0 Å². The molecule has 0 unspecified atom stereocenters. The first kappa shape index (κ1) is 11.1. The van der Waals surface area contributed by atoms with Gasteiger partial charge >= 0.3 is 0 Å². The molecular weight excluding hydrogens is 200 g/mol. The molecule has 14 heavy (non-hydrogen) atoms.